The number of aryl methyl sites for hydroxylation is 2. The third kappa shape index (κ3) is 2.18. The smallest absolute Gasteiger partial charge is 0.180 e. The number of aromatic nitrogens is 3. The highest BCUT2D eigenvalue weighted by atomic mass is 15.0. The van der Waals surface area contributed by atoms with E-state index in [2.05, 4.69) is 23.0 Å². The molecule has 4 heteroatoms. The SMILES string of the molecule is CCc1cccnc1-c1nc(N)c2c(n1)CCCC2. The molecule has 98 valence electrons. The molecule has 1 aliphatic carbocycles. The number of pyridine rings is 1. The second-order valence-corrected chi connectivity index (χ2v) is 4.93. The van der Waals surface area contributed by atoms with Gasteiger partial charge in [0.05, 0.1) is 0 Å². The Morgan fingerprint density at radius 3 is 2.89 bits per heavy atom. The summed E-state index contributed by atoms with van der Waals surface area (Å²) >= 11 is 0. The lowest BCUT2D eigenvalue weighted by Gasteiger charge is -2.17. The zero-order chi connectivity index (χ0) is 13.2. The Bertz CT molecular complexity index is 607. The van der Waals surface area contributed by atoms with Gasteiger partial charge in [-0.3, -0.25) is 4.98 Å². The zero-order valence-electron chi connectivity index (χ0n) is 11.2. The average Bonchev–Trinajstić information content (AvgIpc) is 2.47. The summed E-state index contributed by atoms with van der Waals surface area (Å²) in [6, 6.07) is 4.02. The summed E-state index contributed by atoms with van der Waals surface area (Å²) in [5.41, 5.74) is 10.4. The van der Waals surface area contributed by atoms with Crippen molar-refractivity contribution in [3.63, 3.8) is 0 Å². The van der Waals surface area contributed by atoms with Gasteiger partial charge in [0.25, 0.3) is 0 Å². The lowest BCUT2D eigenvalue weighted by atomic mass is 9.96. The first kappa shape index (κ1) is 12.1. The van der Waals surface area contributed by atoms with Crippen LogP contribution in [0.5, 0.6) is 0 Å². The molecule has 3 rings (SSSR count). The van der Waals surface area contributed by atoms with Crippen LogP contribution in [0.2, 0.25) is 0 Å². The lowest BCUT2D eigenvalue weighted by Crippen LogP contribution is -2.12. The van der Waals surface area contributed by atoms with Crippen molar-refractivity contribution in [2.75, 3.05) is 5.73 Å². The number of nitrogens with zero attached hydrogens (tertiary/aromatic N) is 3. The van der Waals surface area contributed by atoms with Crippen molar-refractivity contribution in [2.45, 2.75) is 39.0 Å². The molecule has 0 aliphatic heterocycles. The molecule has 0 amide bonds. The van der Waals surface area contributed by atoms with Crippen molar-refractivity contribution in [1.82, 2.24) is 15.0 Å². The molecule has 4 nitrogen and oxygen atoms in total. The topological polar surface area (TPSA) is 64.7 Å². The molecular formula is C15H18N4. The van der Waals surface area contributed by atoms with E-state index in [-0.39, 0.29) is 0 Å². The van der Waals surface area contributed by atoms with Gasteiger partial charge in [0.2, 0.25) is 0 Å². The predicted molar refractivity (Wildman–Crippen MR) is 75.7 cm³/mol. The van der Waals surface area contributed by atoms with Gasteiger partial charge < -0.3 is 5.73 Å². The van der Waals surface area contributed by atoms with E-state index in [1.807, 2.05) is 6.07 Å². The van der Waals surface area contributed by atoms with Crippen LogP contribution in [0.4, 0.5) is 5.82 Å². The van der Waals surface area contributed by atoms with Gasteiger partial charge in [-0.2, -0.15) is 0 Å². The van der Waals surface area contributed by atoms with Gasteiger partial charge in [-0.15, -0.1) is 0 Å². The van der Waals surface area contributed by atoms with Crippen molar-refractivity contribution in [2.24, 2.45) is 0 Å². The normalized spacial score (nSPS) is 14.2. The summed E-state index contributed by atoms with van der Waals surface area (Å²) < 4.78 is 0. The number of nitrogen functional groups attached to an aromatic ring is 1. The highest BCUT2D eigenvalue weighted by Crippen LogP contribution is 2.27. The van der Waals surface area contributed by atoms with E-state index in [0.717, 1.165) is 41.8 Å². The third-order valence-electron chi connectivity index (χ3n) is 3.70. The highest BCUT2D eigenvalue weighted by molar-refractivity contribution is 5.59. The molecule has 0 bridgehead atoms. The van der Waals surface area contributed by atoms with Crippen LogP contribution in [0.25, 0.3) is 11.5 Å². The molecule has 19 heavy (non-hydrogen) atoms. The molecule has 2 heterocycles. The third-order valence-corrected chi connectivity index (χ3v) is 3.70. The number of anilines is 1. The minimum absolute atomic E-state index is 0.632. The number of rotatable bonds is 2. The Morgan fingerprint density at radius 2 is 2.05 bits per heavy atom. The molecule has 0 fully saturated rings. The van der Waals surface area contributed by atoms with Gasteiger partial charge in [-0.05, 0) is 43.7 Å². The second-order valence-electron chi connectivity index (χ2n) is 4.93. The largest absolute Gasteiger partial charge is 0.383 e. The summed E-state index contributed by atoms with van der Waals surface area (Å²) in [6.45, 7) is 2.11. The molecule has 0 atom stereocenters. The molecular weight excluding hydrogens is 236 g/mol. The van der Waals surface area contributed by atoms with Crippen molar-refractivity contribution in [3.05, 3.63) is 35.2 Å². The molecule has 2 aromatic rings. The molecule has 2 aromatic heterocycles. The standard InChI is InChI=1S/C15H18N4/c1-2-10-6-5-9-17-13(10)15-18-12-8-4-3-7-11(12)14(16)19-15/h5-6,9H,2-4,7-8H2,1H3,(H2,16,18,19). The fourth-order valence-corrected chi connectivity index (χ4v) is 2.65. The van der Waals surface area contributed by atoms with Gasteiger partial charge in [0, 0.05) is 17.5 Å². The number of nitrogens with two attached hydrogens (primary N) is 1. The van der Waals surface area contributed by atoms with E-state index >= 15 is 0 Å². The van der Waals surface area contributed by atoms with Crippen LogP contribution in [0, 0.1) is 0 Å². The molecule has 0 spiro atoms. The summed E-state index contributed by atoms with van der Waals surface area (Å²) in [6.07, 6.45) is 7.08. The molecule has 0 aromatic carbocycles. The van der Waals surface area contributed by atoms with Crippen molar-refractivity contribution < 1.29 is 0 Å². The Kier molecular flexibility index (Phi) is 3.15. The maximum atomic E-state index is 6.09. The second kappa shape index (κ2) is 4.96. The van der Waals surface area contributed by atoms with Crippen molar-refractivity contribution in [3.8, 4) is 11.5 Å². The van der Waals surface area contributed by atoms with Gasteiger partial charge in [-0.1, -0.05) is 13.0 Å². The number of hydrogen-bond donors (Lipinski definition) is 1. The van der Waals surface area contributed by atoms with Gasteiger partial charge >= 0.3 is 0 Å². The van der Waals surface area contributed by atoms with Crippen molar-refractivity contribution in [1.29, 1.82) is 0 Å². The van der Waals surface area contributed by atoms with Crippen LogP contribution in [-0.4, -0.2) is 15.0 Å². The fourth-order valence-electron chi connectivity index (χ4n) is 2.65. The Hall–Kier alpha value is -1.97. The summed E-state index contributed by atoms with van der Waals surface area (Å²) in [4.78, 5) is 13.6. The van der Waals surface area contributed by atoms with Crippen molar-refractivity contribution >= 4 is 5.82 Å². The predicted octanol–water partition coefficient (Wildman–Crippen LogP) is 2.56. The van der Waals surface area contributed by atoms with E-state index in [4.69, 9.17) is 10.7 Å². The molecule has 2 N–H and O–H groups in total. The lowest BCUT2D eigenvalue weighted by molar-refractivity contribution is 0.665. The summed E-state index contributed by atoms with van der Waals surface area (Å²) in [5.74, 6) is 1.31. The number of fused-ring (bicyclic) bond motifs is 1. The Balaban J connectivity index is 2.13. The minimum Gasteiger partial charge on any atom is -0.383 e. The molecule has 0 saturated heterocycles. The van der Waals surface area contributed by atoms with Crippen LogP contribution in [0.3, 0.4) is 0 Å². The van der Waals surface area contributed by atoms with Gasteiger partial charge in [0.15, 0.2) is 5.82 Å². The Morgan fingerprint density at radius 1 is 1.21 bits per heavy atom. The first-order valence-corrected chi connectivity index (χ1v) is 6.89. The van der Waals surface area contributed by atoms with E-state index < -0.39 is 0 Å². The molecule has 1 aliphatic rings. The molecule has 0 radical (unpaired) electrons. The van der Waals surface area contributed by atoms with Crippen LogP contribution in [-0.2, 0) is 19.3 Å². The zero-order valence-corrected chi connectivity index (χ0v) is 11.2. The molecule has 0 saturated carbocycles. The summed E-state index contributed by atoms with van der Waals surface area (Å²) in [7, 11) is 0. The fraction of sp³-hybridized carbons (Fsp3) is 0.400. The maximum absolute atomic E-state index is 6.09. The van der Waals surface area contributed by atoms with Crippen LogP contribution in [0.1, 0.15) is 36.6 Å². The van der Waals surface area contributed by atoms with E-state index in [0.29, 0.717) is 11.6 Å². The molecule has 0 unspecified atom stereocenters. The first-order chi connectivity index (χ1) is 9.29. The number of hydrogen-bond acceptors (Lipinski definition) is 4. The van der Waals surface area contributed by atoms with Crippen LogP contribution in [0.15, 0.2) is 18.3 Å². The van der Waals surface area contributed by atoms with E-state index in [1.54, 1.807) is 6.20 Å². The first-order valence-electron chi connectivity index (χ1n) is 6.89. The average molecular weight is 254 g/mol. The van der Waals surface area contributed by atoms with Crippen LogP contribution < -0.4 is 5.73 Å². The van der Waals surface area contributed by atoms with Gasteiger partial charge in [-0.25, -0.2) is 9.97 Å². The van der Waals surface area contributed by atoms with Gasteiger partial charge in [0.1, 0.15) is 11.5 Å². The quantitative estimate of drug-likeness (QED) is 0.894. The minimum atomic E-state index is 0.632. The van der Waals surface area contributed by atoms with Crippen LogP contribution >= 0.6 is 0 Å². The maximum Gasteiger partial charge on any atom is 0.180 e. The highest BCUT2D eigenvalue weighted by Gasteiger charge is 2.18. The van der Waals surface area contributed by atoms with E-state index in [1.165, 1.54) is 12.8 Å². The summed E-state index contributed by atoms with van der Waals surface area (Å²) in [5, 5.41) is 0. The van der Waals surface area contributed by atoms with E-state index in [9.17, 15) is 0 Å². The Labute approximate surface area is 113 Å². The monoisotopic (exact) mass is 254 g/mol.